The molecule has 1 aromatic carbocycles. The predicted octanol–water partition coefficient (Wildman–Crippen LogP) is 3.25. The lowest BCUT2D eigenvalue weighted by molar-refractivity contribution is 0.462. The van der Waals surface area contributed by atoms with E-state index in [4.69, 9.17) is 0 Å². The van der Waals surface area contributed by atoms with E-state index in [9.17, 15) is 0 Å². The van der Waals surface area contributed by atoms with Crippen molar-refractivity contribution in [2.24, 2.45) is 5.92 Å². The zero-order valence-corrected chi connectivity index (χ0v) is 12.2. The monoisotopic (exact) mass is 268 g/mol. The van der Waals surface area contributed by atoms with Gasteiger partial charge in [0.05, 0.1) is 6.54 Å². The van der Waals surface area contributed by atoms with Crippen molar-refractivity contribution < 1.29 is 0 Å². The molecule has 20 heavy (non-hydrogen) atoms. The van der Waals surface area contributed by atoms with E-state index in [1.54, 1.807) is 6.33 Å². The van der Waals surface area contributed by atoms with Gasteiger partial charge in [0.2, 0.25) is 0 Å². The maximum absolute atomic E-state index is 4.40. The molecule has 3 aromatic rings. The summed E-state index contributed by atoms with van der Waals surface area (Å²) in [6.07, 6.45) is 3.77. The van der Waals surface area contributed by atoms with Crippen molar-refractivity contribution >= 4 is 10.9 Å². The van der Waals surface area contributed by atoms with E-state index in [2.05, 4.69) is 65.9 Å². The smallest absolute Gasteiger partial charge is 0.146 e. The highest BCUT2D eigenvalue weighted by Gasteiger charge is 2.08. The Labute approximate surface area is 119 Å². The highest BCUT2D eigenvalue weighted by Crippen LogP contribution is 2.18. The Bertz CT molecular complexity index is 721. The average molecular weight is 268 g/mol. The molecule has 0 radical (unpaired) electrons. The summed E-state index contributed by atoms with van der Waals surface area (Å²) in [5, 5.41) is 5.60. The van der Waals surface area contributed by atoms with Gasteiger partial charge in [-0.05, 0) is 36.4 Å². The van der Waals surface area contributed by atoms with E-state index in [0.29, 0.717) is 5.92 Å². The van der Waals surface area contributed by atoms with Crippen LogP contribution in [0, 0.1) is 12.8 Å². The predicted molar refractivity (Wildman–Crippen MR) is 80.6 cm³/mol. The van der Waals surface area contributed by atoms with E-state index in [1.807, 2.05) is 4.68 Å². The summed E-state index contributed by atoms with van der Waals surface area (Å²) in [5.74, 6) is 1.58. The van der Waals surface area contributed by atoms with E-state index in [1.165, 1.54) is 16.5 Å². The van der Waals surface area contributed by atoms with Gasteiger partial charge in [0.15, 0.2) is 0 Å². The van der Waals surface area contributed by atoms with Gasteiger partial charge in [-0.15, -0.1) is 0 Å². The molecule has 0 saturated heterocycles. The summed E-state index contributed by atoms with van der Waals surface area (Å²) in [6.45, 7) is 8.18. The van der Waals surface area contributed by atoms with Gasteiger partial charge in [-0.1, -0.05) is 25.5 Å². The van der Waals surface area contributed by atoms with Gasteiger partial charge >= 0.3 is 0 Å². The van der Waals surface area contributed by atoms with Crippen LogP contribution >= 0.6 is 0 Å². The first kappa shape index (κ1) is 12.9. The second kappa shape index (κ2) is 5.12. The maximum Gasteiger partial charge on any atom is 0.146 e. The van der Waals surface area contributed by atoms with Crippen molar-refractivity contribution in [2.45, 2.75) is 33.9 Å². The fourth-order valence-corrected chi connectivity index (χ4v) is 2.52. The summed E-state index contributed by atoms with van der Waals surface area (Å²) < 4.78 is 4.24. The SMILES string of the molecule is Cc1ccc2c(ccn2Cc2ncnn2CC(C)C)c1. The van der Waals surface area contributed by atoms with E-state index in [0.717, 1.165) is 18.9 Å². The molecule has 0 saturated carbocycles. The van der Waals surface area contributed by atoms with Crippen molar-refractivity contribution in [2.75, 3.05) is 0 Å². The standard InChI is InChI=1S/C16H20N4/c1-12(2)9-20-16(17-11-18-20)10-19-7-6-14-8-13(3)4-5-15(14)19/h4-8,11-12H,9-10H2,1-3H3. The summed E-state index contributed by atoms with van der Waals surface area (Å²) in [5.41, 5.74) is 2.54. The average Bonchev–Trinajstić information content (AvgIpc) is 2.97. The van der Waals surface area contributed by atoms with Gasteiger partial charge in [-0.3, -0.25) is 0 Å². The molecule has 2 aromatic heterocycles. The summed E-state index contributed by atoms with van der Waals surface area (Å²) in [4.78, 5) is 4.40. The van der Waals surface area contributed by atoms with Crippen LogP contribution in [0.2, 0.25) is 0 Å². The summed E-state index contributed by atoms with van der Waals surface area (Å²) in [7, 11) is 0. The summed E-state index contributed by atoms with van der Waals surface area (Å²) in [6, 6.07) is 8.70. The second-order valence-corrected chi connectivity index (χ2v) is 5.76. The third kappa shape index (κ3) is 2.46. The first-order valence-corrected chi connectivity index (χ1v) is 7.05. The van der Waals surface area contributed by atoms with Crippen LogP contribution in [-0.2, 0) is 13.1 Å². The number of fused-ring (bicyclic) bond motifs is 1. The first-order chi connectivity index (χ1) is 9.63. The van der Waals surface area contributed by atoms with Crippen LogP contribution in [0.4, 0.5) is 0 Å². The number of aromatic nitrogens is 4. The molecule has 0 aliphatic rings. The number of aryl methyl sites for hydroxylation is 1. The van der Waals surface area contributed by atoms with Gasteiger partial charge in [0.1, 0.15) is 12.2 Å². The van der Waals surface area contributed by atoms with Crippen molar-refractivity contribution in [3.8, 4) is 0 Å². The Morgan fingerprint density at radius 2 is 2.05 bits per heavy atom. The largest absolute Gasteiger partial charge is 0.340 e. The molecular formula is C16H20N4. The Hall–Kier alpha value is -2.10. The van der Waals surface area contributed by atoms with Crippen molar-refractivity contribution in [3.05, 3.63) is 48.2 Å². The molecule has 0 fully saturated rings. The minimum atomic E-state index is 0.569. The molecule has 0 unspecified atom stereocenters. The number of hydrogen-bond acceptors (Lipinski definition) is 2. The molecule has 0 aliphatic carbocycles. The van der Waals surface area contributed by atoms with Crippen LogP contribution in [0.1, 0.15) is 25.2 Å². The molecule has 0 amide bonds. The Kier molecular flexibility index (Phi) is 3.30. The van der Waals surface area contributed by atoms with Crippen molar-refractivity contribution in [1.29, 1.82) is 0 Å². The number of rotatable bonds is 4. The summed E-state index contributed by atoms with van der Waals surface area (Å²) >= 11 is 0. The molecule has 0 aliphatic heterocycles. The highest BCUT2D eigenvalue weighted by molar-refractivity contribution is 5.80. The number of benzene rings is 1. The molecular weight excluding hydrogens is 248 g/mol. The van der Waals surface area contributed by atoms with Crippen LogP contribution in [0.5, 0.6) is 0 Å². The van der Waals surface area contributed by atoms with Crippen LogP contribution in [0.15, 0.2) is 36.8 Å². The maximum atomic E-state index is 4.40. The number of nitrogens with zero attached hydrogens (tertiary/aromatic N) is 4. The van der Waals surface area contributed by atoms with Crippen molar-refractivity contribution in [1.82, 2.24) is 19.3 Å². The number of hydrogen-bond donors (Lipinski definition) is 0. The Balaban J connectivity index is 1.92. The molecule has 4 heteroatoms. The molecule has 104 valence electrons. The van der Waals surface area contributed by atoms with Crippen LogP contribution in [0.25, 0.3) is 10.9 Å². The van der Waals surface area contributed by atoms with E-state index in [-0.39, 0.29) is 0 Å². The van der Waals surface area contributed by atoms with Crippen molar-refractivity contribution in [3.63, 3.8) is 0 Å². The lowest BCUT2D eigenvalue weighted by Crippen LogP contribution is -2.12. The zero-order chi connectivity index (χ0) is 14.1. The Morgan fingerprint density at radius 3 is 2.85 bits per heavy atom. The molecule has 0 N–H and O–H groups in total. The fraction of sp³-hybridized carbons (Fsp3) is 0.375. The third-order valence-corrected chi connectivity index (χ3v) is 3.47. The van der Waals surface area contributed by atoms with Gasteiger partial charge in [0.25, 0.3) is 0 Å². The molecule has 4 nitrogen and oxygen atoms in total. The molecule has 0 atom stereocenters. The third-order valence-electron chi connectivity index (χ3n) is 3.47. The lowest BCUT2D eigenvalue weighted by atomic mass is 10.2. The van der Waals surface area contributed by atoms with E-state index < -0.39 is 0 Å². The van der Waals surface area contributed by atoms with E-state index >= 15 is 0 Å². The normalized spacial score (nSPS) is 11.6. The molecule has 2 heterocycles. The zero-order valence-electron chi connectivity index (χ0n) is 12.2. The first-order valence-electron chi connectivity index (χ1n) is 7.05. The molecule has 3 rings (SSSR count). The van der Waals surface area contributed by atoms with Gasteiger partial charge in [0, 0.05) is 18.3 Å². The highest BCUT2D eigenvalue weighted by atomic mass is 15.3. The Morgan fingerprint density at radius 1 is 1.20 bits per heavy atom. The van der Waals surface area contributed by atoms with Gasteiger partial charge < -0.3 is 4.57 Å². The van der Waals surface area contributed by atoms with Crippen LogP contribution in [0.3, 0.4) is 0 Å². The quantitative estimate of drug-likeness (QED) is 0.728. The van der Waals surface area contributed by atoms with Gasteiger partial charge in [-0.2, -0.15) is 5.10 Å². The molecule has 0 bridgehead atoms. The second-order valence-electron chi connectivity index (χ2n) is 5.76. The minimum Gasteiger partial charge on any atom is -0.340 e. The topological polar surface area (TPSA) is 35.6 Å². The lowest BCUT2D eigenvalue weighted by Gasteiger charge is -2.10. The van der Waals surface area contributed by atoms with Gasteiger partial charge in [-0.25, -0.2) is 9.67 Å². The van der Waals surface area contributed by atoms with Crippen LogP contribution < -0.4 is 0 Å². The minimum absolute atomic E-state index is 0.569. The molecule has 0 spiro atoms. The van der Waals surface area contributed by atoms with Crippen LogP contribution in [-0.4, -0.2) is 19.3 Å². The fourth-order valence-electron chi connectivity index (χ4n) is 2.52.